The van der Waals surface area contributed by atoms with Crippen LogP contribution in [0.1, 0.15) is 0 Å². The third-order valence-corrected chi connectivity index (χ3v) is 0. The van der Waals surface area contributed by atoms with Crippen molar-refractivity contribution in [1.82, 2.24) is 0 Å². The molecule has 0 aromatic heterocycles. The average Bonchev–Trinajstić information content (AvgIpc) is 1.19. The number of hydrogen-bond acceptors (Lipinski definition) is 7. The van der Waals surface area contributed by atoms with Crippen molar-refractivity contribution in [2.45, 2.75) is 0 Å². The SMILES string of the molecule is O=S(=O)([O-])[O-].O=[N+]([O-])[O-].[Al+3].[Ca+2]. The Kier molecular flexibility index (Phi) is 22.4. The molecule has 0 N–H and O–H groups in total. The van der Waals surface area contributed by atoms with Crippen molar-refractivity contribution in [1.29, 1.82) is 0 Å². The first-order valence-corrected chi connectivity index (χ1v) is 2.55. The molecule has 0 fully saturated rings. The first kappa shape index (κ1) is 22.6. The van der Waals surface area contributed by atoms with E-state index in [0.29, 0.717) is 0 Å². The van der Waals surface area contributed by atoms with Crippen molar-refractivity contribution >= 4 is 65.5 Å². The summed E-state index contributed by atoms with van der Waals surface area (Å²) in [6.45, 7) is 0. The Morgan fingerprint density at radius 1 is 1.09 bits per heavy atom. The van der Waals surface area contributed by atoms with Crippen molar-refractivity contribution in [3.63, 3.8) is 0 Å². The first-order valence-electron chi connectivity index (χ1n) is 1.21. The van der Waals surface area contributed by atoms with Gasteiger partial charge in [0.05, 0.1) is 5.09 Å². The molecule has 0 aliphatic carbocycles. The molecule has 0 atom stereocenters. The molecule has 0 radical (unpaired) electrons. The smallest absolute Gasteiger partial charge is 0.759 e. The van der Waals surface area contributed by atoms with Crippen molar-refractivity contribution in [3.8, 4) is 0 Å². The molecule has 0 aliphatic rings. The van der Waals surface area contributed by atoms with Crippen LogP contribution >= 0.6 is 0 Å². The molecule has 0 spiro atoms. The van der Waals surface area contributed by atoms with Crippen molar-refractivity contribution < 1.29 is 22.6 Å². The van der Waals surface area contributed by atoms with E-state index in [4.69, 9.17) is 32.8 Å². The van der Waals surface area contributed by atoms with E-state index in [1.807, 2.05) is 0 Å². The maximum Gasteiger partial charge on any atom is 3.00 e. The Morgan fingerprint density at radius 3 is 1.09 bits per heavy atom. The van der Waals surface area contributed by atoms with E-state index in [2.05, 4.69) is 0 Å². The van der Waals surface area contributed by atoms with E-state index >= 15 is 0 Å². The molecule has 0 bridgehead atoms. The molecule has 0 aliphatic heterocycles. The molecule has 56 valence electrons. The summed E-state index contributed by atoms with van der Waals surface area (Å²) in [5, 5.41) is 14.8. The van der Waals surface area contributed by atoms with Crippen LogP contribution in [-0.2, 0) is 10.4 Å². The van der Waals surface area contributed by atoms with E-state index < -0.39 is 15.5 Å². The first-order chi connectivity index (χ1) is 3.73. The van der Waals surface area contributed by atoms with E-state index in [1.54, 1.807) is 0 Å². The topological polar surface area (TPSA) is 146 Å². The van der Waals surface area contributed by atoms with Crippen LogP contribution in [-0.4, -0.2) is 77.7 Å². The predicted molar refractivity (Wildman–Crippen MR) is 32.3 cm³/mol. The normalized spacial score (nSPS) is 7.45. The number of hydrogen-bond donors (Lipinski definition) is 0. The van der Waals surface area contributed by atoms with Gasteiger partial charge in [0.25, 0.3) is 0 Å². The molecular formula is AlCaNO7S+2. The Morgan fingerprint density at radius 2 is 1.09 bits per heavy atom. The Balaban J connectivity index is -0.0000000383. The summed E-state index contributed by atoms with van der Waals surface area (Å²) in [6.07, 6.45) is 0. The summed E-state index contributed by atoms with van der Waals surface area (Å²) in [6, 6.07) is 0. The van der Waals surface area contributed by atoms with Gasteiger partial charge in [-0.1, -0.05) is 0 Å². The molecule has 0 unspecified atom stereocenters. The summed E-state index contributed by atoms with van der Waals surface area (Å²) in [5.41, 5.74) is 0. The van der Waals surface area contributed by atoms with E-state index in [1.165, 1.54) is 0 Å². The maximum atomic E-state index is 8.52. The minimum absolute atomic E-state index is 0. The van der Waals surface area contributed by atoms with Crippen LogP contribution in [0.3, 0.4) is 0 Å². The molecule has 11 heteroatoms. The fourth-order valence-electron chi connectivity index (χ4n) is 0. The van der Waals surface area contributed by atoms with Gasteiger partial charge in [-0.2, -0.15) is 0 Å². The fourth-order valence-corrected chi connectivity index (χ4v) is 0. The van der Waals surface area contributed by atoms with E-state index in [0.717, 1.165) is 0 Å². The summed E-state index contributed by atoms with van der Waals surface area (Å²) in [4.78, 5) is 8.25. The second-order valence-electron chi connectivity index (χ2n) is 0.632. The van der Waals surface area contributed by atoms with Crippen LogP contribution in [0.5, 0.6) is 0 Å². The molecule has 0 amide bonds. The molecule has 0 saturated carbocycles. The van der Waals surface area contributed by atoms with Crippen LogP contribution < -0.4 is 0 Å². The van der Waals surface area contributed by atoms with Crippen molar-refractivity contribution in [3.05, 3.63) is 15.3 Å². The van der Waals surface area contributed by atoms with Gasteiger partial charge in [-0.15, -0.1) is 0 Å². The zero-order valence-corrected chi connectivity index (χ0v) is 9.18. The third-order valence-electron chi connectivity index (χ3n) is 0. The van der Waals surface area contributed by atoms with Gasteiger partial charge in [0, 0.05) is 10.4 Å². The van der Waals surface area contributed by atoms with Gasteiger partial charge >= 0.3 is 55.1 Å². The van der Waals surface area contributed by atoms with Gasteiger partial charge in [0.1, 0.15) is 0 Å². The molecule has 0 aromatic rings. The van der Waals surface area contributed by atoms with Gasteiger partial charge in [0.2, 0.25) is 0 Å². The molecule has 0 aromatic carbocycles. The molecule has 0 rings (SSSR count). The molecule has 0 saturated heterocycles. The molecular weight excluding hydrogens is 225 g/mol. The zero-order chi connectivity index (χ0) is 8.08. The van der Waals surface area contributed by atoms with Crippen molar-refractivity contribution in [2.24, 2.45) is 0 Å². The quantitative estimate of drug-likeness (QED) is 0.147. The van der Waals surface area contributed by atoms with E-state index in [-0.39, 0.29) is 55.1 Å². The van der Waals surface area contributed by atoms with Crippen molar-refractivity contribution in [2.75, 3.05) is 0 Å². The van der Waals surface area contributed by atoms with Gasteiger partial charge in [-0.3, -0.25) is 8.42 Å². The summed E-state index contributed by atoms with van der Waals surface area (Å²) in [7, 11) is -5.17. The van der Waals surface area contributed by atoms with Gasteiger partial charge in [0.15, 0.2) is 0 Å². The fraction of sp³-hybridized carbons (Fsp3) is 0. The minimum Gasteiger partial charge on any atom is -0.759 e. The van der Waals surface area contributed by atoms with Gasteiger partial charge in [-0.05, 0) is 0 Å². The van der Waals surface area contributed by atoms with Crippen LogP contribution in [0.4, 0.5) is 0 Å². The Labute approximate surface area is 102 Å². The summed E-state index contributed by atoms with van der Waals surface area (Å²) in [5.74, 6) is 0. The third kappa shape index (κ3) is 1150. The van der Waals surface area contributed by atoms with E-state index in [9.17, 15) is 0 Å². The van der Waals surface area contributed by atoms with Crippen LogP contribution in [0.15, 0.2) is 0 Å². The van der Waals surface area contributed by atoms with Crippen LogP contribution in [0.2, 0.25) is 0 Å². The second-order valence-corrected chi connectivity index (χ2v) is 1.45. The Hall–Kier alpha value is 0.862. The number of nitrogens with zero attached hydrogens (tertiary/aromatic N) is 1. The standard InChI is InChI=1S/Al.Ca.NO3.H2O4S/c;;2-1(3)4;1-5(2,3)4/h;;;(H2,1,2,3,4)/q+3;+2;-1;/p-2. The van der Waals surface area contributed by atoms with Gasteiger partial charge in [-0.25, -0.2) is 0 Å². The summed E-state index contributed by atoms with van der Waals surface area (Å²) < 4.78 is 34.1. The predicted octanol–water partition coefficient (Wildman–Crippen LogP) is -2.34. The van der Waals surface area contributed by atoms with Gasteiger partial charge < -0.3 is 24.4 Å². The molecule has 11 heavy (non-hydrogen) atoms. The summed E-state index contributed by atoms with van der Waals surface area (Å²) >= 11 is 0. The molecule has 8 nitrogen and oxygen atoms in total. The maximum absolute atomic E-state index is 8.52. The van der Waals surface area contributed by atoms with Crippen LogP contribution in [0, 0.1) is 15.3 Å². The Bertz CT molecular complexity index is 161. The second kappa shape index (κ2) is 10.9. The number of rotatable bonds is 0. The largest absolute Gasteiger partial charge is 3.00 e. The monoisotopic (exact) mass is 225 g/mol. The molecule has 0 heterocycles. The minimum atomic E-state index is -5.17. The van der Waals surface area contributed by atoms with Crippen LogP contribution in [0.25, 0.3) is 0 Å². The zero-order valence-electron chi connectivity index (χ0n) is 5.00. The average molecular weight is 225 g/mol.